The normalized spacial score (nSPS) is 15.1. The van der Waals surface area contributed by atoms with Gasteiger partial charge >= 0.3 is 5.97 Å². The van der Waals surface area contributed by atoms with Crippen molar-refractivity contribution in [2.75, 3.05) is 11.9 Å². The summed E-state index contributed by atoms with van der Waals surface area (Å²) in [5.74, 6) is -0.372. The Hall–Kier alpha value is -3.60. The maximum Gasteiger partial charge on any atom is 0.338 e. The lowest BCUT2D eigenvalue weighted by atomic mass is 10.1. The molecule has 4 rings (SSSR count). The second-order valence-corrected chi connectivity index (χ2v) is 6.85. The highest BCUT2D eigenvalue weighted by molar-refractivity contribution is 5.99. The van der Waals surface area contributed by atoms with E-state index in [0.29, 0.717) is 24.3 Å². The molecular formula is C24H22N2O3. The van der Waals surface area contributed by atoms with E-state index in [4.69, 9.17) is 4.74 Å². The molecule has 1 atom stereocenters. The van der Waals surface area contributed by atoms with E-state index in [9.17, 15) is 9.59 Å². The van der Waals surface area contributed by atoms with E-state index in [-0.39, 0.29) is 18.0 Å². The number of anilines is 1. The lowest BCUT2D eigenvalue weighted by Crippen LogP contribution is -2.31. The molecule has 29 heavy (non-hydrogen) atoms. The Morgan fingerprint density at radius 3 is 2.55 bits per heavy atom. The third-order valence-corrected chi connectivity index (χ3v) is 4.93. The molecule has 5 heteroatoms. The van der Waals surface area contributed by atoms with Gasteiger partial charge in [0.1, 0.15) is 6.17 Å². The van der Waals surface area contributed by atoms with Crippen molar-refractivity contribution in [3.63, 3.8) is 0 Å². The number of esters is 1. The van der Waals surface area contributed by atoms with E-state index in [2.05, 4.69) is 5.32 Å². The van der Waals surface area contributed by atoms with Gasteiger partial charge in [-0.05, 0) is 36.8 Å². The Bertz CT molecular complexity index is 1030. The minimum absolute atomic E-state index is 0.0106. The van der Waals surface area contributed by atoms with Crippen molar-refractivity contribution < 1.29 is 14.3 Å². The Balaban J connectivity index is 1.65. The van der Waals surface area contributed by atoms with E-state index >= 15 is 0 Å². The average molecular weight is 386 g/mol. The molecule has 1 aliphatic heterocycles. The Morgan fingerprint density at radius 2 is 1.76 bits per heavy atom. The molecular weight excluding hydrogens is 364 g/mol. The number of benzene rings is 3. The van der Waals surface area contributed by atoms with Crippen LogP contribution in [0, 0.1) is 0 Å². The minimum Gasteiger partial charge on any atom is -0.462 e. The van der Waals surface area contributed by atoms with Crippen molar-refractivity contribution in [2.45, 2.75) is 19.6 Å². The van der Waals surface area contributed by atoms with Crippen LogP contribution in [-0.2, 0) is 11.3 Å². The number of amides is 1. The second kappa shape index (κ2) is 8.19. The Labute approximate surface area is 169 Å². The first-order valence-electron chi connectivity index (χ1n) is 9.65. The summed E-state index contributed by atoms with van der Waals surface area (Å²) in [5.41, 5.74) is 3.91. The lowest BCUT2D eigenvalue weighted by molar-refractivity contribution is 0.0526. The molecule has 0 saturated heterocycles. The molecule has 1 amide bonds. The van der Waals surface area contributed by atoms with Crippen molar-refractivity contribution >= 4 is 17.6 Å². The first kappa shape index (κ1) is 18.7. The minimum atomic E-state index is -0.361. The Morgan fingerprint density at radius 1 is 1.00 bits per heavy atom. The molecule has 1 N–H and O–H groups in total. The highest BCUT2D eigenvalue weighted by atomic mass is 16.5. The number of ether oxygens (including phenoxy) is 1. The van der Waals surface area contributed by atoms with Crippen molar-refractivity contribution in [3.05, 3.63) is 101 Å². The zero-order valence-electron chi connectivity index (χ0n) is 16.2. The fourth-order valence-corrected chi connectivity index (χ4v) is 3.58. The summed E-state index contributed by atoms with van der Waals surface area (Å²) in [6.07, 6.45) is -0.323. The first-order chi connectivity index (χ1) is 14.2. The van der Waals surface area contributed by atoms with Gasteiger partial charge in [0.25, 0.3) is 5.91 Å². The third-order valence-electron chi connectivity index (χ3n) is 4.93. The van der Waals surface area contributed by atoms with E-state index in [1.165, 1.54) is 0 Å². The highest BCUT2D eigenvalue weighted by Crippen LogP contribution is 2.35. The van der Waals surface area contributed by atoms with E-state index < -0.39 is 0 Å². The van der Waals surface area contributed by atoms with E-state index in [0.717, 1.165) is 16.8 Å². The molecule has 146 valence electrons. The fourth-order valence-electron chi connectivity index (χ4n) is 3.58. The van der Waals surface area contributed by atoms with Crippen LogP contribution in [0.5, 0.6) is 0 Å². The number of hydrogen-bond acceptors (Lipinski definition) is 4. The molecule has 5 nitrogen and oxygen atoms in total. The van der Waals surface area contributed by atoms with Gasteiger partial charge in [-0.3, -0.25) is 4.79 Å². The van der Waals surface area contributed by atoms with Gasteiger partial charge in [0, 0.05) is 23.4 Å². The molecule has 0 aliphatic carbocycles. The summed E-state index contributed by atoms with van der Waals surface area (Å²) >= 11 is 0. The molecule has 3 aromatic carbocycles. The van der Waals surface area contributed by atoms with Crippen LogP contribution in [0.4, 0.5) is 5.69 Å². The highest BCUT2D eigenvalue weighted by Gasteiger charge is 2.36. The van der Waals surface area contributed by atoms with Crippen LogP contribution in [-0.4, -0.2) is 23.4 Å². The summed E-state index contributed by atoms with van der Waals surface area (Å²) in [4.78, 5) is 27.0. The van der Waals surface area contributed by atoms with Gasteiger partial charge in [-0.25, -0.2) is 4.79 Å². The number of nitrogens with zero attached hydrogens (tertiary/aromatic N) is 1. The molecule has 0 saturated carbocycles. The monoisotopic (exact) mass is 386 g/mol. The van der Waals surface area contributed by atoms with Crippen molar-refractivity contribution in [1.29, 1.82) is 0 Å². The van der Waals surface area contributed by atoms with Crippen molar-refractivity contribution in [1.82, 2.24) is 4.90 Å². The van der Waals surface area contributed by atoms with Crippen LogP contribution < -0.4 is 5.32 Å². The topological polar surface area (TPSA) is 58.6 Å². The van der Waals surface area contributed by atoms with E-state index in [1.807, 2.05) is 65.6 Å². The molecule has 0 unspecified atom stereocenters. The largest absolute Gasteiger partial charge is 0.462 e. The molecule has 1 heterocycles. The summed E-state index contributed by atoms with van der Waals surface area (Å²) in [6.45, 7) is 2.60. The zero-order valence-corrected chi connectivity index (χ0v) is 16.2. The SMILES string of the molecule is CCOC(=O)c1cccc(N[C@H]2c3ccccc3C(=O)N2Cc2ccccc2)c1. The number of fused-ring (bicyclic) bond motifs is 1. The maximum absolute atomic E-state index is 13.1. The van der Waals surface area contributed by atoms with Crippen molar-refractivity contribution in [2.24, 2.45) is 0 Å². The quantitative estimate of drug-likeness (QED) is 0.628. The van der Waals surface area contributed by atoms with Crippen LogP contribution >= 0.6 is 0 Å². The van der Waals surface area contributed by atoms with Gasteiger partial charge < -0.3 is 15.0 Å². The maximum atomic E-state index is 13.1. The van der Waals surface area contributed by atoms with Crippen LogP contribution in [0.25, 0.3) is 0 Å². The van der Waals surface area contributed by atoms with Crippen LogP contribution in [0.15, 0.2) is 78.9 Å². The molecule has 3 aromatic rings. The number of nitrogens with one attached hydrogen (secondary N) is 1. The number of hydrogen-bond donors (Lipinski definition) is 1. The van der Waals surface area contributed by atoms with Gasteiger partial charge in [0.05, 0.1) is 12.2 Å². The van der Waals surface area contributed by atoms with Crippen LogP contribution in [0.3, 0.4) is 0 Å². The summed E-state index contributed by atoms with van der Waals surface area (Å²) in [6, 6.07) is 24.7. The van der Waals surface area contributed by atoms with E-state index in [1.54, 1.807) is 25.1 Å². The third kappa shape index (κ3) is 3.85. The summed E-state index contributed by atoms with van der Waals surface area (Å²) in [7, 11) is 0. The molecule has 0 radical (unpaired) electrons. The zero-order chi connectivity index (χ0) is 20.2. The van der Waals surface area contributed by atoms with Crippen molar-refractivity contribution in [3.8, 4) is 0 Å². The summed E-state index contributed by atoms with van der Waals surface area (Å²) in [5, 5.41) is 3.43. The average Bonchev–Trinajstić information content (AvgIpc) is 3.01. The predicted octanol–water partition coefficient (Wildman–Crippen LogP) is 4.63. The predicted molar refractivity (Wildman–Crippen MR) is 112 cm³/mol. The molecule has 1 aliphatic rings. The fraction of sp³-hybridized carbons (Fsp3) is 0.167. The van der Waals surface area contributed by atoms with Gasteiger partial charge in [0.15, 0.2) is 0 Å². The van der Waals surface area contributed by atoms with Crippen LogP contribution in [0.1, 0.15) is 44.9 Å². The second-order valence-electron chi connectivity index (χ2n) is 6.85. The number of rotatable bonds is 6. The summed E-state index contributed by atoms with van der Waals surface area (Å²) < 4.78 is 5.10. The standard InChI is InChI=1S/C24H22N2O3/c1-2-29-24(28)18-11-8-12-19(15-18)25-22-20-13-6-7-14-21(20)23(27)26(22)16-17-9-4-3-5-10-17/h3-15,22,25H,2,16H2,1H3/t22-/m1/s1. The smallest absolute Gasteiger partial charge is 0.338 e. The molecule has 0 fully saturated rings. The molecule has 0 aromatic heterocycles. The first-order valence-corrected chi connectivity index (χ1v) is 9.65. The lowest BCUT2D eigenvalue weighted by Gasteiger charge is -2.27. The van der Waals surface area contributed by atoms with Gasteiger partial charge in [-0.1, -0.05) is 54.6 Å². The van der Waals surface area contributed by atoms with Gasteiger partial charge in [-0.2, -0.15) is 0 Å². The van der Waals surface area contributed by atoms with Crippen LogP contribution in [0.2, 0.25) is 0 Å². The Kier molecular flexibility index (Phi) is 5.29. The molecule has 0 bridgehead atoms. The van der Waals surface area contributed by atoms with Gasteiger partial charge in [0.2, 0.25) is 0 Å². The number of carbonyl (C=O) groups is 2. The number of carbonyl (C=O) groups excluding carboxylic acids is 2. The van der Waals surface area contributed by atoms with Gasteiger partial charge in [-0.15, -0.1) is 0 Å². The molecule has 0 spiro atoms.